The molecule has 0 spiro atoms. The fourth-order valence-electron chi connectivity index (χ4n) is 3.13. The molecule has 0 aliphatic carbocycles. The fraction of sp³-hybridized carbons (Fsp3) is 0.0435. The van der Waals surface area contributed by atoms with E-state index in [1.54, 1.807) is 36.4 Å². The van der Waals surface area contributed by atoms with Crippen molar-refractivity contribution in [3.05, 3.63) is 89.3 Å². The number of carbonyl (C=O) groups is 2. The average molecular weight is 386 g/mol. The van der Waals surface area contributed by atoms with Gasteiger partial charge in [-0.05, 0) is 43.3 Å². The van der Waals surface area contributed by atoms with Crippen LogP contribution in [0.3, 0.4) is 0 Å². The molecule has 2 aromatic heterocycles. The summed E-state index contributed by atoms with van der Waals surface area (Å²) in [6, 6.07) is 17.1. The van der Waals surface area contributed by atoms with Gasteiger partial charge < -0.3 is 18.3 Å². The predicted molar refractivity (Wildman–Crippen MR) is 104 cm³/mol. The van der Waals surface area contributed by atoms with Crippen LogP contribution in [0.25, 0.3) is 17.0 Å². The van der Waals surface area contributed by atoms with Crippen molar-refractivity contribution in [2.75, 3.05) is 0 Å². The molecule has 1 aliphatic heterocycles. The lowest BCUT2D eigenvalue weighted by atomic mass is 10.1. The number of hydrogen-bond acceptors (Lipinski definition) is 6. The first-order valence-electron chi connectivity index (χ1n) is 8.92. The molecule has 6 heteroatoms. The van der Waals surface area contributed by atoms with E-state index in [2.05, 4.69) is 0 Å². The van der Waals surface area contributed by atoms with Crippen molar-refractivity contribution in [2.45, 2.75) is 6.92 Å². The van der Waals surface area contributed by atoms with Crippen LogP contribution in [0.1, 0.15) is 32.4 Å². The molecular weight excluding hydrogens is 372 g/mol. The Kier molecular flexibility index (Phi) is 3.84. The first-order valence-corrected chi connectivity index (χ1v) is 8.92. The van der Waals surface area contributed by atoms with Gasteiger partial charge in [0.2, 0.25) is 11.5 Å². The Hall–Kier alpha value is -4.06. The standard InChI is InChI=1S/C23H14O6/c1-13-6-7-15(26-13)12-20-22(24)17-9-8-16(11-19(17)29-20)27-23(25)21-10-14-4-2-3-5-18(14)28-21/h2-12H,1H3/b20-12-. The Labute approximate surface area is 164 Å². The Balaban J connectivity index is 1.38. The fourth-order valence-corrected chi connectivity index (χ4v) is 3.13. The van der Waals surface area contributed by atoms with Gasteiger partial charge >= 0.3 is 5.97 Å². The van der Waals surface area contributed by atoms with Crippen molar-refractivity contribution < 1.29 is 27.9 Å². The highest BCUT2D eigenvalue weighted by Crippen LogP contribution is 2.35. The number of furan rings is 2. The molecule has 0 saturated heterocycles. The largest absolute Gasteiger partial charge is 0.462 e. The zero-order chi connectivity index (χ0) is 20.0. The number of allylic oxidation sites excluding steroid dienone is 1. The third kappa shape index (κ3) is 3.10. The summed E-state index contributed by atoms with van der Waals surface area (Å²) in [6.07, 6.45) is 1.54. The minimum Gasteiger partial charge on any atom is -0.462 e. The molecule has 2 aromatic carbocycles. The summed E-state index contributed by atoms with van der Waals surface area (Å²) < 4.78 is 22.0. The van der Waals surface area contributed by atoms with Gasteiger partial charge in [0.25, 0.3) is 0 Å². The normalized spacial score (nSPS) is 14.2. The molecule has 3 heterocycles. The molecule has 4 aromatic rings. The summed E-state index contributed by atoms with van der Waals surface area (Å²) in [5.41, 5.74) is 0.994. The van der Waals surface area contributed by atoms with Crippen LogP contribution < -0.4 is 9.47 Å². The SMILES string of the molecule is Cc1ccc(/C=C2\Oc3cc(OC(=O)c4cc5ccccc5o4)ccc3C2=O)o1. The minimum atomic E-state index is -0.632. The smallest absolute Gasteiger partial charge is 0.379 e. The van der Waals surface area contributed by atoms with Crippen LogP contribution in [0.2, 0.25) is 0 Å². The lowest BCUT2D eigenvalue weighted by Gasteiger charge is -2.03. The second-order valence-corrected chi connectivity index (χ2v) is 6.58. The summed E-state index contributed by atoms with van der Waals surface area (Å²) >= 11 is 0. The van der Waals surface area contributed by atoms with Gasteiger partial charge in [-0.2, -0.15) is 0 Å². The van der Waals surface area contributed by atoms with Crippen LogP contribution in [0, 0.1) is 6.92 Å². The highest BCUT2D eigenvalue weighted by Gasteiger charge is 2.28. The number of benzene rings is 2. The molecule has 0 fully saturated rings. The summed E-state index contributed by atoms with van der Waals surface area (Å²) in [5.74, 6) is 1.18. The van der Waals surface area contributed by atoms with Crippen molar-refractivity contribution >= 4 is 28.8 Å². The number of rotatable bonds is 3. The quantitative estimate of drug-likeness (QED) is 0.275. The monoisotopic (exact) mass is 386 g/mol. The van der Waals surface area contributed by atoms with Gasteiger partial charge in [0.05, 0.1) is 5.56 Å². The van der Waals surface area contributed by atoms with Gasteiger partial charge in [-0.1, -0.05) is 18.2 Å². The zero-order valence-corrected chi connectivity index (χ0v) is 15.3. The van der Waals surface area contributed by atoms with E-state index in [0.717, 1.165) is 11.1 Å². The van der Waals surface area contributed by atoms with Crippen molar-refractivity contribution in [1.82, 2.24) is 0 Å². The molecule has 0 bridgehead atoms. The highest BCUT2D eigenvalue weighted by atomic mass is 16.5. The second kappa shape index (κ2) is 6.53. The van der Waals surface area contributed by atoms with Crippen molar-refractivity contribution in [1.29, 1.82) is 0 Å². The van der Waals surface area contributed by atoms with E-state index in [4.69, 9.17) is 18.3 Å². The Morgan fingerprint density at radius 2 is 1.86 bits per heavy atom. The maximum atomic E-state index is 12.5. The molecule has 0 saturated carbocycles. The maximum absolute atomic E-state index is 12.5. The molecule has 0 N–H and O–H groups in total. The molecule has 29 heavy (non-hydrogen) atoms. The summed E-state index contributed by atoms with van der Waals surface area (Å²) in [5, 5.41) is 0.810. The third-order valence-electron chi connectivity index (χ3n) is 4.51. The van der Waals surface area contributed by atoms with E-state index in [1.165, 1.54) is 12.1 Å². The van der Waals surface area contributed by atoms with E-state index >= 15 is 0 Å². The molecule has 0 unspecified atom stereocenters. The molecule has 5 rings (SSSR count). The second-order valence-electron chi connectivity index (χ2n) is 6.58. The number of aryl methyl sites for hydroxylation is 1. The van der Waals surface area contributed by atoms with Gasteiger partial charge in [0, 0.05) is 17.5 Å². The number of para-hydroxylation sites is 1. The van der Waals surface area contributed by atoms with Gasteiger partial charge in [0.1, 0.15) is 28.6 Å². The number of esters is 1. The van der Waals surface area contributed by atoms with Crippen LogP contribution in [0.4, 0.5) is 0 Å². The predicted octanol–water partition coefficient (Wildman–Crippen LogP) is 5.17. The van der Waals surface area contributed by atoms with Crippen LogP contribution >= 0.6 is 0 Å². The summed E-state index contributed by atoms with van der Waals surface area (Å²) in [4.78, 5) is 24.9. The van der Waals surface area contributed by atoms with Crippen LogP contribution in [-0.2, 0) is 0 Å². The lowest BCUT2D eigenvalue weighted by Crippen LogP contribution is -2.07. The molecule has 0 amide bonds. The number of ketones is 1. The van der Waals surface area contributed by atoms with E-state index in [1.807, 2.05) is 25.1 Å². The number of Topliss-reactive ketones (excluding diaryl/α,β-unsaturated/α-hetero) is 1. The van der Waals surface area contributed by atoms with Crippen molar-refractivity contribution in [2.24, 2.45) is 0 Å². The van der Waals surface area contributed by atoms with Crippen LogP contribution in [-0.4, -0.2) is 11.8 Å². The molecule has 142 valence electrons. The minimum absolute atomic E-state index is 0.0949. The Bertz CT molecular complexity index is 1270. The van der Waals surface area contributed by atoms with E-state index < -0.39 is 5.97 Å². The van der Waals surface area contributed by atoms with Gasteiger partial charge in [-0.15, -0.1) is 0 Å². The number of fused-ring (bicyclic) bond motifs is 2. The average Bonchev–Trinajstić information content (AvgIpc) is 3.40. The van der Waals surface area contributed by atoms with Gasteiger partial charge in [0.15, 0.2) is 5.76 Å². The summed E-state index contributed by atoms with van der Waals surface area (Å²) in [7, 11) is 0. The number of ether oxygens (including phenoxy) is 2. The highest BCUT2D eigenvalue weighted by molar-refractivity contribution is 6.14. The first kappa shape index (κ1) is 17.1. The topological polar surface area (TPSA) is 78.9 Å². The lowest BCUT2D eigenvalue weighted by molar-refractivity contribution is 0.0703. The maximum Gasteiger partial charge on any atom is 0.379 e. The van der Waals surface area contributed by atoms with E-state index in [-0.39, 0.29) is 23.1 Å². The first-order chi connectivity index (χ1) is 14.1. The molecule has 0 atom stereocenters. The number of carbonyl (C=O) groups excluding carboxylic acids is 2. The van der Waals surface area contributed by atoms with Crippen LogP contribution in [0.5, 0.6) is 11.5 Å². The summed E-state index contributed by atoms with van der Waals surface area (Å²) in [6.45, 7) is 1.82. The molecule has 0 radical (unpaired) electrons. The Morgan fingerprint density at radius 3 is 2.66 bits per heavy atom. The van der Waals surface area contributed by atoms with E-state index in [0.29, 0.717) is 22.7 Å². The van der Waals surface area contributed by atoms with Gasteiger partial charge in [-0.3, -0.25) is 4.79 Å². The van der Waals surface area contributed by atoms with Crippen LogP contribution in [0.15, 0.2) is 75.3 Å². The van der Waals surface area contributed by atoms with Gasteiger partial charge in [-0.25, -0.2) is 4.79 Å². The number of hydrogen-bond donors (Lipinski definition) is 0. The molecular formula is C23H14O6. The van der Waals surface area contributed by atoms with Crippen molar-refractivity contribution in [3.63, 3.8) is 0 Å². The third-order valence-corrected chi connectivity index (χ3v) is 4.51. The van der Waals surface area contributed by atoms with Crippen molar-refractivity contribution in [3.8, 4) is 11.5 Å². The van der Waals surface area contributed by atoms with E-state index in [9.17, 15) is 9.59 Å². The molecule has 6 nitrogen and oxygen atoms in total. The zero-order valence-electron chi connectivity index (χ0n) is 15.3. The Morgan fingerprint density at radius 1 is 1.00 bits per heavy atom. The molecule has 1 aliphatic rings.